The van der Waals surface area contributed by atoms with Crippen molar-refractivity contribution in [1.29, 1.82) is 0 Å². The topological polar surface area (TPSA) is 64.8 Å². The van der Waals surface area contributed by atoms with Gasteiger partial charge in [-0.05, 0) is 43.3 Å². The molecule has 28 heavy (non-hydrogen) atoms. The van der Waals surface area contributed by atoms with Gasteiger partial charge in [-0.15, -0.1) is 15.3 Å². The molecule has 3 aromatic rings. The van der Waals surface area contributed by atoms with E-state index < -0.39 is 0 Å². The lowest BCUT2D eigenvalue weighted by Gasteiger charge is -2.47. The average Bonchev–Trinajstić information content (AvgIpc) is 3.12. The van der Waals surface area contributed by atoms with E-state index in [9.17, 15) is 4.39 Å². The van der Waals surface area contributed by atoms with Crippen LogP contribution in [-0.2, 0) is 9.47 Å². The summed E-state index contributed by atoms with van der Waals surface area (Å²) in [5.74, 6) is 1.17. The Kier molecular flexibility index (Phi) is 4.25. The Balaban J connectivity index is 1.50. The van der Waals surface area contributed by atoms with Gasteiger partial charge in [-0.2, -0.15) is 4.52 Å². The highest BCUT2D eigenvalue weighted by Gasteiger charge is 2.41. The lowest BCUT2D eigenvalue weighted by molar-refractivity contribution is -0.145. The molecule has 2 saturated heterocycles. The maximum absolute atomic E-state index is 13.3. The fourth-order valence-corrected chi connectivity index (χ4v) is 4.14. The molecule has 5 rings (SSSR count). The van der Waals surface area contributed by atoms with Crippen molar-refractivity contribution in [2.75, 3.05) is 31.2 Å². The van der Waals surface area contributed by atoms with Crippen LogP contribution in [0.5, 0.6) is 0 Å². The molecule has 0 radical (unpaired) electrons. The third-order valence-electron chi connectivity index (χ3n) is 5.49. The highest BCUT2D eigenvalue weighted by molar-refractivity contribution is 5.59. The molecule has 0 N–H and O–H groups in total. The normalized spacial score (nSPS) is 22.1. The summed E-state index contributed by atoms with van der Waals surface area (Å²) in [6, 6.07) is 10.1. The Morgan fingerprint density at radius 2 is 1.86 bits per heavy atom. The molecule has 146 valence electrons. The first-order chi connectivity index (χ1) is 13.6. The predicted octanol–water partition coefficient (Wildman–Crippen LogP) is 2.70. The monoisotopic (exact) mass is 383 g/mol. The highest BCUT2D eigenvalue weighted by Crippen LogP contribution is 2.33. The van der Waals surface area contributed by atoms with Crippen LogP contribution in [0.15, 0.2) is 36.4 Å². The van der Waals surface area contributed by atoms with E-state index in [0.29, 0.717) is 11.5 Å². The smallest absolute Gasteiger partial charge is 0.185 e. The Bertz CT molecular complexity index is 984. The average molecular weight is 383 g/mol. The standard InChI is InChI=1S/C20H22FN5O2/c1-14-12-25(13-20(28-14)8-10-27-11-9-20)18-7-6-17-22-23-19(26(17)24-18)15-2-4-16(21)5-3-15/h2-7,14H,8-13H2,1H3. The second kappa shape index (κ2) is 6.79. The number of morpholine rings is 1. The van der Waals surface area contributed by atoms with Gasteiger partial charge in [0.05, 0.1) is 11.7 Å². The molecule has 1 aromatic carbocycles. The van der Waals surface area contributed by atoms with E-state index in [1.54, 1.807) is 16.6 Å². The van der Waals surface area contributed by atoms with Crippen LogP contribution >= 0.6 is 0 Å². The molecular weight excluding hydrogens is 361 g/mol. The number of benzene rings is 1. The zero-order valence-corrected chi connectivity index (χ0v) is 15.7. The summed E-state index contributed by atoms with van der Waals surface area (Å²) in [4.78, 5) is 2.27. The zero-order valence-electron chi connectivity index (χ0n) is 15.7. The predicted molar refractivity (Wildman–Crippen MR) is 102 cm³/mol. The van der Waals surface area contributed by atoms with Crippen LogP contribution in [0, 0.1) is 5.82 Å². The van der Waals surface area contributed by atoms with Gasteiger partial charge in [0.1, 0.15) is 11.6 Å². The molecule has 2 aliphatic rings. The molecule has 1 atom stereocenters. The molecule has 1 spiro atoms. The Morgan fingerprint density at radius 1 is 1.07 bits per heavy atom. The van der Waals surface area contributed by atoms with Gasteiger partial charge in [0.25, 0.3) is 0 Å². The van der Waals surface area contributed by atoms with Gasteiger partial charge in [0, 0.05) is 44.7 Å². The lowest BCUT2D eigenvalue weighted by atomic mass is 9.91. The quantitative estimate of drug-likeness (QED) is 0.678. The van der Waals surface area contributed by atoms with Gasteiger partial charge in [-0.3, -0.25) is 0 Å². The largest absolute Gasteiger partial charge is 0.381 e. The van der Waals surface area contributed by atoms with E-state index >= 15 is 0 Å². The molecule has 2 aliphatic heterocycles. The van der Waals surface area contributed by atoms with Crippen molar-refractivity contribution in [3.63, 3.8) is 0 Å². The second-order valence-corrected chi connectivity index (χ2v) is 7.60. The summed E-state index contributed by atoms with van der Waals surface area (Å²) < 4.78 is 26.9. The molecule has 0 aliphatic carbocycles. The molecule has 2 aromatic heterocycles. The van der Waals surface area contributed by atoms with Gasteiger partial charge < -0.3 is 14.4 Å². The van der Waals surface area contributed by atoms with Crippen molar-refractivity contribution >= 4 is 11.5 Å². The third kappa shape index (κ3) is 3.12. The molecule has 7 nitrogen and oxygen atoms in total. The minimum Gasteiger partial charge on any atom is -0.381 e. The summed E-state index contributed by atoms with van der Waals surface area (Å²) >= 11 is 0. The van der Waals surface area contributed by atoms with E-state index in [2.05, 4.69) is 22.0 Å². The molecule has 0 bridgehead atoms. The van der Waals surface area contributed by atoms with Gasteiger partial charge in [-0.1, -0.05) is 0 Å². The van der Waals surface area contributed by atoms with Crippen LogP contribution in [0.1, 0.15) is 19.8 Å². The number of hydrogen-bond donors (Lipinski definition) is 0. The van der Waals surface area contributed by atoms with Crippen molar-refractivity contribution in [3.05, 3.63) is 42.2 Å². The van der Waals surface area contributed by atoms with E-state index in [1.807, 2.05) is 12.1 Å². The lowest BCUT2D eigenvalue weighted by Crippen LogP contribution is -2.57. The van der Waals surface area contributed by atoms with Crippen molar-refractivity contribution in [3.8, 4) is 11.4 Å². The number of rotatable bonds is 2. The molecule has 2 fully saturated rings. The number of halogens is 1. The number of anilines is 1. The maximum atomic E-state index is 13.3. The molecule has 0 amide bonds. The summed E-state index contributed by atoms with van der Waals surface area (Å²) in [6.07, 6.45) is 1.90. The molecule has 4 heterocycles. The fraction of sp³-hybridized carbons (Fsp3) is 0.450. The molecule has 0 saturated carbocycles. The van der Waals surface area contributed by atoms with Crippen LogP contribution < -0.4 is 4.90 Å². The van der Waals surface area contributed by atoms with Gasteiger partial charge in [-0.25, -0.2) is 4.39 Å². The molecule has 1 unspecified atom stereocenters. The Morgan fingerprint density at radius 3 is 2.64 bits per heavy atom. The summed E-state index contributed by atoms with van der Waals surface area (Å²) in [5.41, 5.74) is 1.25. The maximum Gasteiger partial charge on any atom is 0.185 e. The summed E-state index contributed by atoms with van der Waals surface area (Å²) in [5, 5.41) is 13.3. The minimum atomic E-state index is -0.282. The first-order valence-electron chi connectivity index (χ1n) is 9.61. The molecular formula is C20H22FN5O2. The minimum absolute atomic E-state index is 0.113. The number of aromatic nitrogens is 4. The van der Waals surface area contributed by atoms with Crippen LogP contribution in [-0.4, -0.2) is 57.8 Å². The number of nitrogens with zero attached hydrogens (tertiary/aromatic N) is 5. The second-order valence-electron chi connectivity index (χ2n) is 7.60. The third-order valence-corrected chi connectivity index (χ3v) is 5.49. The zero-order chi connectivity index (χ0) is 19.1. The molecule has 8 heteroatoms. The summed E-state index contributed by atoms with van der Waals surface area (Å²) in [6.45, 7) is 5.12. The summed E-state index contributed by atoms with van der Waals surface area (Å²) in [7, 11) is 0. The van der Waals surface area contributed by atoms with Gasteiger partial charge in [0.2, 0.25) is 0 Å². The van der Waals surface area contributed by atoms with Crippen LogP contribution in [0.3, 0.4) is 0 Å². The van der Waals surface area contributed by atoms with E-state index in [0.717, 1.165) is 50.5 Å². The Labute approximate surface area is 162 Å². The fourth-order valence-electron chi connectivity index (χ4n) is 4.14. The first-order valence-corrected chi connectivity index (χ1v) is 9.61. The number of fused-ring (bicyclic) bond motifs is 1. The van der Waals surface area contributed by atoms with Gasteiger partial charge in [0.15, 0.2) is 11.5 Å². The Hall–Kier alpha value is -2.58. The van der Waals surface area contributed by atoms with E-state index in [4.69, 9.17) is 14.6 Å². The van der Waals surface area contributed by atoms with Crippen molar-refractivity contribution in [2.45, 2.75) is 31.5 Å². The first kappa shape index (κ1) is 17.5. The number of ether oxygens (including phenoxy) is 2. The van der Waals surface area contributed by atoms with Gasteiger partial charge >= 0.3 is 0 Å². The number of hydrogen-bond acceptors (Lipinski definition) is 6. The van der Waals surface area contributed by atoms with Crippen molar-refractivity contribution in [1.82, 2.24) is 19.8 Å². The highest BCUT2D eigenvalue weighted by atomic mass is 19.1. The van der Waals surface area contributed by atoms with Crippen LogP contribution in [0.2, 0.25) is 0 Å². The van der Waals surface area contributed by atoms with Crippen molar-refractivity contribution in [2.24, 2.45) is 0 Å². The van der Waals surface area contributed by atoms with Crippen LogP contribution in [0.25, 0.3) is 17.0 Å². The SMILES string of the molecule is CC1CN(c2ccc3nnc(-c4ccc(F)cc4)n3n2)CC2(CCOCC2)O1. The van der Waals surface area contributed by atoms with E-state index in [-0.39, 0.29) is 17.5 Å². The van der Waals surface area contributed by atoms with Crippen LogP contribution in [0.4, 0.5) is 10.2 Å². The van der Waals surface area contributed by atoms with E-state index in [1.165, 1.54) is 12.1 Å². The van der Waals surface area contributed by atoms with Crippen molar-refractivity contribution < 1.29 is 13.9 Å².